The zero-order valence-corrected chi connectivity index (χ0v) is 13.0. The van der Waals surface area contributed by atoms with Crippen LogP contribution >= 0.6 is 0 Å². The molecule has 2 aliphatic heterocycles. The lowest BCUT2D eigenvalue weighted by atomic mass is 9.99. The monoisotopic (exact) mass is 356 g/mol. The van der Waals surface area contributed by atoms with E-state index in [1.807, 2.05) is 0 Å². The van der Waals surface area contributed by atoms with Crippen LogP contribution in [0.15, 0.2) is 0 Å². The predicted octanol–water partition coefficient (Wildman–Crippen LogP) is -4.74. The maximum Gasteiger partial charge on any atom is 0.186 e. The second-order valence-electron chi connectivity index (χ2n) is 5.78. The zero-order valence-electron chi connectivity index (χ0n) is 13.0. The van der Waals surface area contributed by atoms with Crippen LogP contribution in [-0.4, -0.2) is 117 Å². The summed E-state index contributed by atoms with van der Waals surface area (Å²) in [5.74, 6) is 0. The standard InChI is InChI=1S/C13H24O11/c1-21-12-9(19)7(17)6(16)5(23-12)3-22-13-10(20)8(18)11(24-13)4(15)2-14/h4-20H,2-3H2,1H3/t4-,5-,6-,7+,8-,9-,10-,11+,12+,13-/m1/s1. The summed E-state index contributed by atoms with van der Waals surface area (Å²) in [4.78, 5) is 0. The van der Waals surface area contributed by atoms with E-state index < -0.39 is 68.0 Å². The van der Waals surface area contributed by atoms with Crippen LogP contribution in [0.3, 0.4) is 0 Å². The van der Waals surface area contributed by atoms with Crippen LogP contribution in [0.4, 0.5) is 0 Å². The molecule has 0 radical (unpaired) electrons. The third kappa shape index (κ3) is 3.86. The van der Waals surface area contributed by atoms with Gasteiger partial charge in [-0.3, -0.25) is 0 Å². The Bertz CT molecular complexity index is 394. The average molecular weight is 356 g/mol. The summed E-state index contributed by atoms with van der Waals surface area (Å²) in [6.07, 6.45) is -13.7. The molecule has 2 rings (SSSR count). The molecule has 0 amide bonds. The predicted molar refractivity (Wildman–Crippen MR) is 73.4 cm³/mol. The zero-order chi connectivity index (χ0) is 18.0. The average Bonchev–Trinajstić information content (AvgIpc) is 2.87. The van der Waals surface area contributed by atoms with Crippen LogP contribution in [0.2, 0.25) is 0 Å². The minimum Gasteiger partial charge on any atom is -0.394 e. The number of aliphatic hydroxyl groups is 7. The van der Waals surface area contributed by atoms with Gasteiger partial charge in [-0.1, -0.05) is 0 Å². The van der Waals surface area contributed by atoms with Gasteiger partial charge in [-0.25, -0.2) is 0 Å². The first kappa shape index (κ1) is 19.9. The normalized spacial score (nSPS) is 47.8. The Morgan fingerprint density at radius 3 is 2.08 bits per heavy atom. The number of aliphatic hydroxyl groups excluding tert-OH is 7. The van der Waals surface area contributed by atoms with E-state index >= 15 is 0 Å². The maximum atomic E-state index is 9.89. The van der Waals surface area contributed by atoms with Gasteiger partial charge in [0.2, 0.25) is 0 Å². The van der Waals surface area contributed by atoms with E-state index in [2.05, 4.69) is 0 Å². The van der Waals surface area contributed by atoms with Gasteiger partial charge in [0.1, 0.15) is 48.8 Å². The summed E-state index contributed by atoms with van der Waals surface area (Å²) in [6, 6.07) is 0. The highest BCUT2D eigenvalue weighted by Gasteiger charge is 2.48. The maximum absolute atomic E-state index is 9.89. The quantitative estimate of drug-likeness (QED) is 0.243. The lowest BCUT2D eigenvalue weighted by Gasteiger charge is -2.39. The Labute approximate surface area is 137 Å². The first-order chi connectivity index (χ1) is 11.3. The lowest BCUT2D eigenvalue weighted by Crippen LogP contribution is -2.59. The topological polar surface area (TPSA) is 179 Å². The summed E-state index contributed by atoms with van der Waals surface area (Å²) in [7, 11) is 1.25. The first-order valence-electron chi connectivity index (χ1n) is 7.46. The Morgan fingerprint density at radius 2 is 1.50 bits per heavy atom. The van der Waals surface area contributed by atoms with Crippen molar-refractivity contribution in [2.45, 2.75) is 61.4 Å². The number of ether oxygens (including phenoxy) is 4. The van der Waals surface area contributed by atoms with Gasteiger partial charge in [0.25, 0.3) is 0 Å². The number of rotatable bonds is 6. The number of hydrogen-bond acceptors (Lipinski definition) is 11. The van der Waals surface area contributed by atoms with Crippen molar-refractivity contribution < 1.29 is 54.7 Å². The van der Waals surface area contributed by atoms with Crippen LogP contribution in [-0.2, 0) is 18.9 Å². The third-order valence-corrected chi connectivity index (χ3v) is 4.15. The highest BCUT2D eigenvalue weighted by Crippen LogP contribution is 2.27. The molecular weight excluding hydrogens is 332 g/mol. The molecule has 0 aromatic carbocycles. The molecule has 0 bridgehead atoms. The second kappa shape index (κ2) is 8.29. The highest BCUT2D eigenvalue weighted by molar-refractivity contribution is 4.92. The number of hydrogen-bond donors (Lipinski definition) is 7. The molecule has 2 saturated heterocycles. The van der Waals surface area contributed by atoms with Crippen LogP contribution in [0.1, 0.15) is 0 Å². The van der Waals surface area contributed by atoms with Crippen molar-refractivity contribution in [2.75, 3.05) is 20.3 Å². The molecule has 24 heavy (non-hydrogen) atoms. The van der Waals surface area contributed by atoms with Gasteiger partial charge in [0, 0.05) is 7.11 Å². The lowest BCUT2D eigenvalue weighted by molar-refractivity contribution is -0.304. The molecule has 11 nitrogen and oxygen atoms in total. The van der Waals surface area contributed by atoms with E-state index in [-0.39, 0.29) is 6.61 Å². The van der Waals surface area contributed by atoms with E-state index in [1.54, 1.807) is 0 Å². The van der Waals surface area contributed by atoms with Crippen LogP contribution in [0, 0.1) is 0 Å². The molecule has 0 aliphatic carbocycles. The van der Waals surface area contributed by atoms with Crippen molar-refractivity contribution in [3.63, 3.8) is 0 Å². The minimum absolute atomic E-state index is 0.360. The fourth-order valence-electron chi connectivity index (χ4n) is 2.67. The molecule has 142 valence electrons. The molecule has 0 aromatic heterocycles. The van der Waals surface area contributed by atoms with Gasteiger partial charge in [-0.05, 0) is 0 Å². The van der Waals surface area contributed by atoms with Crippen LogP contribution in [0.5, 0.6) is 0 Å². The number of methoxy groups -OCH3 is 1. The fourth-order valence-corrected chi connectivity index (χ4v) is 2.67. The Hall–Kier alpha value is -0.440. The largest absolute Gasteiger partial charge is 0.394 e. The van der Waals surface area contributed by atoms with E-state index in [0.717, 1.165) is 0 Å². The van der Waals surface area contributed by atoms with Gasteiger partial charge in [-0.15, -0.1) is 0 Å². The summed E-state index contributed by atoms with van der Waals surface area (Å²) in [5.41, 5.74) is 0. The van der Waals surface area contributed by atoms with E-state index in [9.17, 15) is 30.6 Å². The fraction of sp³-hybridized carbons (Fsp3) is 1.00. The van der Waals surface area contributed by atoms with Crippen molar-refractivity contribution in [1.29, 1.82) is 0 Å². The van der Waals surface area contributed by atoms with Gasteiger partial charge in [0.15, 0.2) is 12.6 Å². The second-order valence-corrected chi connectivity index (χ2v) is 5.78. The minimum atomic E-state index is -1.53. The molecule has 2 aliphatic rings. The molecule has 0 spiro atoms. The smallest absolute Gasteiger partial charge is 0.186 e. The van der Waals surface area contributed by atoms with Crippen molar-refractivity contribution in [2.24, 2.45) is 0 Å². The molecule has 10 atom stereocenters. The molecule has 11 heteroatoms. The summed E-state index contributed by atoms with van der Waals surface area (Å²) < 4.78 is 20.5. The van der Waals surface area contributed by atoms with E-state index in [1.165, 1.54) is 7.11 Å². The molecule has 7 N–H and O–H groups in total. The third-order valence-electron chi connectivity index (χ3n) is 4.15. The highest BCUT2D eigenvalue weighted by atomic mass is 16.7. The van der Waals surface area contributed by atoms with E-state index in [4.69, 9.17) is 24.1 Å². The summed E-state index contributed by atoms with van der Waals surface area (Å²) in [5, 5.41) is 67.3. The summed E-state index contributed by atoms with van der Waals surface area (Å²) >= 11 is 0. The Balaban J connectivity index is 1.93. The van der Waals surface area contributed by atoms with Crippen molar-refractivity contribution in [3.8, 4) is 0 Å². The molecule has 2 heterocycles. The van der Waals surface area contributed by atoms with Crippen molar-refractivity contribution in [1.82, 2.24) is 0 Å². The molecule has 0 aromatic rings. The Morgan fingerprint density at radius 1 is 0.875 bits per heavy atom. The van der Waals surface area contributed by atoms with Gasteiger partial charge in [-0.2, -0.15) is 0 Å². The molecule has 2 fully saturated rings. The van der Waals surface area contributed by atoms with Crippen LogP contribution in [0.25, 0.3) is 0 Å². The van der Waals surface area contributed by atoms with Gasteiger partial charge < -0.3 is 54.7 Å². The van der Waals surface area contributed by atoms with Gasteiger partial charge >= 0.3 is 0 Å². The van der Waals surface area contributed by atoms with Crippen molar-refractivity contribution in [3.05, 3.63) is 0 Å². The molecular formula is C13H24O11. The van der Waals surface area contributed by atoms with Crippen molar-refractivity contribution >= 4 is 0 Å². The SMILES string of the molecule is CO[C@H]1O[C@H](CO[C@@H]2O[C@@H]([C@H](O)CO)[C@H](O)[C@H]2O)[C@@H](O)[C@H](O)[C@H]1O. The van der Waals surface area contributed by atoms with E-state index in [0.29, 0.717) is 0 Å². The first-order valence-corrected chi connectivity index (χ1v) is 7.46. The van der Waals surface area contributed by atoms with Gasteiger partial charge in [0.05, 0.1) is 13.2 Å². The Kier molecular flexibility index (Phi) is 6.87. The molecule has 0 unspecified atom stereocenters. The van der Waals surface area contributed by atoms with Crippen LogP contribution < -0.4 is 0 Å². The summed E-state index contributed by atoms with van der Waals surface area (Å²) in [6.45, 7) is -1.04. The molecule has 0 saturated carbocycles.